The molecule has 2 aromatic heterocycles. The van der Waals surface area contributed by atoms with E-state index in [1.165, 1.54) is 0 Å². The minimum atomic E-state index is 0.0398. The molecule has 2 rings (SSSR count). The van der Waals surface area contributed by atoms with E-state index < -0.39 is 0 Å². The molecule has 0 aliphatic rings. The number of halogens is 1. The molecule has 0 bridgehead atoms. The first-order chi connectivity index (χ1) is 8.70. The topological polar surface area (TPSA) is 63.0 Å². The van der Waals surface area contributed by atoms with Crippen LogP contribution in [0.15, 0.2) is 30.7 Å². The number of aliphatic hydroxyl groups excluding tert-OH is 1. The third-order valence-corrected chi connectivity index (χ3v) is 2.92. The Morgan fingerprint density at radius 3 is 3.11 bits per heavy atom. The molecule has 0 amide bonds. The van der Waals surface area contributed by atoms with Gasteiger partial charge in [-0.2, -0.15) is 5.10 Å². The van der Waals surface area contributed by atoms with Crippen molar-refractivity contribution >= 4 is 17.3 Å². The van der Waals surface area contributed by atoms with Crippen LogP contribution in [0.4, 0.5) is 5.69 Å². The Labute approximate surface area is 110 Å². The molecular weight excluding hydrogens is 252 g/mol. The second-order valence-electron chi connectivity index (χ2n) is 3.97. The summed E-state index contributed by atoms with van der Waals surface area (Å²) in [6, 6.07) is 3.83. The first-order valence-corrected chi connectivity index (χ1v) is 6.08. The van der Waals surface area contributed by atoms with Crippen LogP contribution in [0, 0.1) is 0 Å². The van der Waals surface area contributed by atoms with Gasteiger partial charge in [-0.1, -0.05) is 17.7 Å². The maximum Gasteiger partial charge on any atom is 0.134 e. The Morgan fingerprint density at radius 1 is 1.56 bits per heavy atom. The summed E-state index contributed by atoms with van der Waals surface area (Å²) >= 11 is 6.04. The molecule has 96 valence electrons. The average molecular weight is 267 g/mol. The Bertz CT molecular complexity index is 514. The highest BCUT2D eigenvalue weighted by Gasteiger charge is 2.10. The van der Waals surface area contributed by atoms with Crippen molar-refractivity contribution in [2.75, 3.05) is 11.9 Å². The van der Waals surface area contributed by atoms with Crippen molar-refractivity contribution in [2.45, 2.75) is 19.5 Å². The van der Waals surface area contributed by atoms with E-state index in [1.54, 1.807) is 17.1 Å². The predicted octanol–water partition coefficient (Wildman–Crippen LogP) is 2.10. The lowest BCUT2D eigenvalue weighted by Crippen LogP contribution is -2.07. The lowest BCUT2D eigenvalue weighted by molar-refractivity contribution is 0.269. The van der Waals surface area contributed by atoms with Gasteiger partial charge in [0.15, 0.2) is 0 Å². The molecule has 0 radical (unpaired) electrons. The van der Waals surface area contributed by atoms with E-state index in [0.717, 1.165) is 11.3 Å². The maximum absolute atomic E-state index is 8.82. The molecule has 0 saturated heterocycles. The van der Waals surface area contributed by atoms with Crippen LogP contribution in [0.1, 0.15) is 18.5 Å². The van der Waals surface area contributed by atoms with Gasteiger partial charge in [-0.3, -0.25) is 4.68 Å². The fraction of sp³-hybridized carbons (Fsp3) is 0.333. The first-order valence-electron chi connectivity index (χ1n) is 5.71. The van der Waals surface area contributed by atoms with Gasteiger partial charge in [0.25, 0.3) is 0 Å². The zero-order valence-corrected chi connectivity index (χ0v) is 10.8. The van der Waals surface area contributed by atoms with Crippen molar-refractivity contribution < 1.29 is 5.11 Å². The minimum Gasteiger partial charge on any atom is -0.394 e. The highest BCUT2D eigenvalue weighted by atomic mass is 35.5. The molecule has 1 unspecified atom stereocenters. The maximum atomic E-state index is 8.82. The van der Waals surface area contributed by atoms with Gasteiger partial charge in [0.2, 0.25) is 0 Å². The molecule has 18 heavy (non-hydrogen) atoms. The monoisotopic (exact) mass is 266 g/mol. The van der Waals surface area contributed by atoms with Gasteiger partial charge < -0.3 is 10.4 Å². The van der Waals surface area contributed by atoms with Gasteiger partial charge in [0.1, 0.15) is 5.15 Å². The van der Waals surface area contributed by atoms with Crippen LogP contribution in [0.2, 0.25) is 5.15 Å². The highest BCUT2D eigenvalue weighted by molar-refractivity contribution is 6.30. The fourth-order valence-electron chi connectivity index (χ4n) is 1.71. The van der Waals surface area contributed by atoms with Crippen LogP contribution in [0.25, 0.3) is 0 Å². The highest BCUT2D eigenvalue weighted by Crippen LogP contribution is 2.23. The number of pyridine rings is 1. The number of hydrogen-bond acceptors (Lipinski definition) is 4. The van der Waals surface area contributed by atoms with E-state index >= 15 is 0 Å². The Hall–Kier alpha value is -1.59. The van der Waals surface area contributed by atoms with Crippen LogP contribution >= 0.6 is 11.6 Å². The molecular formula is C12H15ClN4O. The Kier molecular flexibility index (Phi) is 4.17. The van der Waals surface area contributed by atoms with Crippen molar-refractivity contribution in [3.63, 3.8) is 0 Å². The SMILES string of the molecule is CC(Nc1cnn(CCO)c1)c1cccnc1Cl. The van der Waals surface area contributed by atoms with Crippen LogP contribution in [-0.4, -0.2) is 26.5 Å². The summed E-state index contributed by atoms with van der Waals surface area (Å²) in [5.41, 5.74) is 1.82. The second kappa shape index (κ2) is 5.84. The van der Waals surface area contributed by atoms with Crippen LogP contribution in [0.5, 0.6) is 0 Å². The van der Waals surface area contributed by atoms with Crippen molar-refractivity contribution in [1.29, 1.82) is 0 Å². The summed E-state index contributed by atoms with van der Waals surface area (Å²) < 4.78 is 1.68. The summed E-state index contributed by atoms with van der Waals surface area (Å²) in [7, 11) is 0. The molecule has 2 aromatic rings. The van der Waals surface area contributed by atoms with E-state index in [9.17, 15) is 0 Å². The molecule has 6 heteroatoms. The largest absolute Gasteiger partial charge is 0.394 e. The normalized spacial score (nSPS) is 12.4. The molecule has 0 saturated carbocycles. The summed E-state index contributed by atoms with van der Waals surface area (Å²) in [6.45, 7) is 2.57. The number of aromatic nitrogens is 3. The molecule has 0 spiro atoms. The van der Waals surface area contributed by atoms with Gasteiger partial charge in [0.05, 0.1) is 31.1 Å². The van der Waals surface area contributed by atoms with Gasteiger partial charge in [0, 0.05) is 18.0 Å². The zero-order chi connectivity index (χ0) is 13.0. The minimum absolute atomic E-state index is 0.0398. The first kappa shape index (κ1) is 12.9. The molecule has 2 heterocycles. The standard InChI is InChI=1S/C12H15ClN4O/c1-9(11-3-2-4-14-12(11)13)16-10-7-15-17(8-10)5-6-18/h2-4,7-9,16,18H,5-6H2,1H3. The van der Waals surface area contributed by atoms with Crippen molar-refractivity contribution in [2.24, 2.45) is 0 Å². The summed E-state index contributed by atoms with van der Waals surface area (Å²) in [4.78, 5) is 4.05. The number of nitrogens with zero attached hydrogens (tertiary/aromatic N) is 3. The summed E-state index contributed by atoms with van der Waals surface area (Å²) in [5, 5.41) is 16.7. The van der Waals surface area contributed by atoms with Crippen molar-refractivity contribution in [3.8, 4) is 0 Å². The third-order valence-electron chi connectivity index (χ3n) is 2.60. The molecule has 5 nitrogen and oxygen atoms in total. The quantitative estimate of drug-likeness (QED) is 0.814. The zero-order valence-electron chi connectivity index (χ0n) is 10.0. The fourth-order valence-corrected chi connectivity index (χ4v) is 2.00. The molecule has 0 aliphatic heterocycles. The lowest BCUT2D eigenvalue weighted by Gasteiger charge is -2.14. The molecule has 2 N–H and O–H groups in total. The predicted molar refractivity (Wildman–Crippen MR) is 70.6 cm³/mol. The smallest absolute Gasteiger partial charge is 0.134 e. The van der Waals surface area contributed by atoms with Gasteiger partial charge in [-0.25, -0.2) is 4.98 Å². The third kappa shape index (κ3) is 3.00. The molecule has 0 fully saturated rings. The van der Waals surface area contributed by atoms with Crippen molar-refractivity contribution in [1.82, 2.24) is 14.8 Å². The van der Waals surface area contributed by atoms with Crippen LogP contribution < -0.4 is 5.32 Å². The number of anilines is 1. The summed E-state index contributed by atoms with van der Waals surface area (Å²) in [5.74, 6) is 0. The number of aliphatic hydroxyl groups is 1. The average Bonchev–Trinajstić information content (AvgIpc) is 2.77. The summed E-state index contributed by atoms with van der Waals surface area (Å²) in [6.07, 6.45) is 5.23. The Balaban J connectivity index is 2.06. The number of rotatable bonds is 5. The van der Waals surface area contributed by atoms with E-state index in [0.29, 0.717) is 11.7 Å². The van der Waals surface area contributed by atoms with E-state index in [1.807, 2.05) is 25.3 Å². The second-order valence-corrected chi connectivity index (χ2v) is 4.32. The van der Waals surface area contributed by atoms with Crippen LogP contribution in [-0.2, 0) is 6.54 Å². The molecule has 0 aliphatic carbocycles. The van der Waals surface area contributed by atoms with Gasteiger partial charge in [-0.15, -0.1) is 0 Å². The van der Waals surface area contributed by atoms with Crippen molar-refractivity contribution in [3.05, 3.63) is 41.4 Å². The van der Waals surface area contributed by atoms with E-state index in [2.05, 4.69) is 15.4 Å². The molecule has 0 aromatic carbocycles. The van der Waals surface area contributed by atoms with E-state index in [-0.39, 0.29) is 12.6 Å². The van der Waals surface area contributed by atoms with E-state index in [4.69, 9.17) is 16.7 Å². The lowest BCUT2D eigenvalue weighted by atomic mass is 10.1. The number of hydrogen-bond donors (Lipinski definition) is 2. The van der Waals surface area contributed by atoms with Gasteiger partial charge in [-0.05, 0) is 13.0 Å². The van der Waals surface area contributed by atoms with Crippen LogP contribution in [0.3, 0.4) is 0 Å². The van der Waals surface area contributed by atoms with Gasteiger partial charge >= 0.3 is 0 Å². The Morgan fingerprint density at radius 2 is 2.39 bits per heavy atom. The number of nitrogens with one attached hydrogen (secondary N) is 1. The molecule has 1 atom stereocenters.